The molecule has 1 atom stereocenters. The molecule has 2 aromatic carbocycles. The average molecular weight is 386 g/mol. The van der Waals surface area contributed by atoms with Crippen LogP contribution in [-0.2, 0) is 4.79 Å². The van der Waals surface area contributed by atoms with Crippen molar-refractivity contribution in [1.82, 2.24) is 10.6 Å². The summed E-state index contributed by atoms with van der Waals surface area (Å²) in [5, 5.41) is 8.77. The molecule has 2 aromatic rings. The molecule has 0 aliphatic carbocycles. The lowest BCUT2D eigenvalue weighted by Crippen LogP contribution is -2.46. The summed E-state index contributed by atoms with van der Waals surface area (Å²) in [4.78, 5) is 25.1. The van der Waals surface area contributed by atoms with Crippen LogP contribution in [0.1, 0.15) is 25.5 Å². The summed E-state index contributed by atoms with van der Waals surface area (Å²) in [7, 11) is 0. The third-order valence-corrected chi connectivity index (χ3v) is 4.51. The Labute approximate surface area is 162 Å². The SMILES string of the molecule is CCOc1ccccc1NC(=O)C1=C(C)NC(=O)N[C@@H]1c1ccccc1Cl. The standard InChI is InChI=1S/C20H20ClN3O3/c1-3-27-16-11-7-6-10-15(16)23-19(25)17-12(2)22-20(26)24-18(17)13-8-4-5-9-14(13)21/h4-11,18H,3H2,1-2H3,(H,23,25)(H2,22,24,26)/t18-/m1/s1. The molecular weight excluding hydrogens is 366 g/mol. The molecule has 0 saturated heterocycles. The first-order valence-corrected chi connectivity index (χ1v) is 8.95. The van der Waals surface area contributed by atoms with Crippen LogP contribution in [0, 0.1) is 0 Å². The highest BCUT2D eigenvalue weighted by Gasteiger charge is 2.32. The number of amides is 3. The third kappa shape index (κ3) is 4.06. The van der Waals surface area contributed by atoms with Crippen LogP contribution in [-0.4, -0.2) is 18.5 Å². The molecule has 0 radical (unpaired) electrons. The van der Waals surface area contributed by atoms with Crippen LogP contribution in [0.25, 0.3) is 0 Å². The molecule has 1 aliphatic heterocycles. The molecule has 0 saturated carbocycles. The Bertz CT molecular complexity index is 911. The number of ether oxygens (including phenoxy) is 1. The Balaban J connectivity index is 1.97. The fraction of sp³-hybridized carbons (Fsp3) is 0.200. The van der Waals surface area contributed by atoms with Crippen molar-refractivity contribution in [3.63, 3.8) is 0 Å². The molecule has 0 unspecified atom stereocenters. The van der Waals surface area contributed by atoms with Crippen LogP contribution in [0.4, 0.5) is 10.5 Å². The van der Waals surface area contributed by atoms with Gasteiger partial charge in [-0.1, -0.05) is 41.9 Å². The van der Waals surface area contributed by atoms with E-state index in [0.717, 1.165) is 0 Å². The topological polar surface area (TPSA) is 79.5 Å². The molecule has 1 heterocycles. The maximum absolute atomic E-state index is 13.1. The van der Waals surface area contributed by atoms with Crippen molar-refractivity contribution in [3.8, 4) is 5.75 Å². The molecule has 140 valence electrons. The van der Waals surface area contributed by atoms with Crippen LogP contribution in [0.5, 0.6) is 5.75 Å². The van der Waals surface area contributed by atoms with Crippen molar-refractivity contribution in [2.75, 3.05) is 11.9 Å². The Morgan fingerprint density at radius 3 is 2.63 bits per heavy atom. The number of carbonyl (C=O) groups excluding carboxylic acids is 2. The van der Waals surface area contributed by atoms with Crippen LogP contribution in [0.3, 0.4) is 0 Å². The van der Waals surface area contributed by atoms with E-state index < -0.39 is 6.04 Å². The number of anilines is 1. The van der Waals surface area contributed by atoms with Crippen molar-refractivity contribution in [2.45, 2.75) is 19.9 Å². The van der Waals surface area contributed by atoms with E-state index in [-0.39, 0.29) is 11.9 Å². The second-order valence-corrected chi connectivity index (χ2v) is 6.38. The number of allylic oxidation sites excluding steroid dienone is 1. The second kappa shape index (κ2) is 8.14. The molecule has 0 spiro atoms. The van der Waals surface area contributed by atoms with Gasteiger partial charge < -0.3 is 20.7 Å². The van der Waals surface area contributed by atoms with Gasteiger partial charge in [-0.2, -0.15) is 0 Å². The second-order valence-electron chi connectivity index (χ2n) is 5.97. The summed E-state index contributed by atoms with van der Waals surface area (Å²) in [6.45, 7) is 4.04. The number of hydrogen-bond acceptors (Lipinski definition) is 3. The maximum atomic E-state index is 13.1. The summed E-state index contributed by atoms with van der Waals surface area (Å²) >= 11 is 6.30. The molecule has 6 nitrogen and oxygen atoms in total. The summed E-state index contributed by atoms with van der Waals surface area (Å²) < 4.78 is 5.56. The van der Waals surface area contributed by atoms with Gasteiger partial charge in [0.15, 0.2) is 0 Å². The van der Waals surface area contributed by atoms with Crippen molar-refractivity contribution in [1.29, 1.82) is 0 Å². The van der Waals surface area contributed by atoms with Crippen LogP contribution in [0.2, 0.25) is 5.02 Å². The number of urea groups is 1. The molecule has 3 amide bonds. The molecule has 1 aliphatic rings. The number of para-hydroxylation sites is 2. The van der Waals surface area contributed by atoms with Crippen LogP contribution >= 0.6 is 11.6 Å². The van der Waals surface area contributed by atoms with Gasteiger partial charge in [0.25, 0.3) is 5.91 Å². The first kappa shape index (κ1) is 18.8. The summed E-state index contributed by atoms with van der Waals surface area (Å²) in [5.41, 5.74) is 2.06. The van der Waals surface area contributed by atoms with Crippen molar-refractivity contribution < 1.29 is 14.3 Å². The highest BCUT2D eigenvalue weighted by molar-refractivity contribution is 6.31. The molecule has 3 N–H and O–H groups in total. The number of benzene rings is 2. The number of hydrogen-bond donors (Lipinski definition) is 3. The van der Waals surface area contributed by atoms with E-state index in [2.05, 4.69) is 16.0 Å². The normalized spacial score (nSPS) is 16.4. The Kier molecular flexibility index (Phi) is 5.66. The molecule has 0 bridgehead atoms. The first-order chi connectivity index (χ1) is 13.0. The lowest BCUT2D eigenvalue weighted by Gasteiger charge is -2.29. The quantitative estimate of drug-likeness (QED) is 0.727. The summed E-state index contributed by atoms with van der Waals surface area (Å²) in [6, 6.07) is 13.3. The number of carbonyl (C=O) groups is 2. The van der Waals surface area contributed by atoms with Crippen molar-refractivity contribution in [3.05, 3.63) is 70.4 Å². The Hall–Kier alpha value is -2.99. The largest absolute Gasteiger partial charge is 0.492 e. The predicted molar refractivity (Wildman–Crippen MR) is 105 cm³/mol. The third-order valence-electron chi connectivity index (χ3n) is 4.17. The highest BCUT2D eigenvalue weighted by atomic mass is 35.5. The molecular formula is C20H20ClN3O3. The van der Waals surface area contributed by atoms with Crippen LogP contribution in [0.15, 0.2) is 59.8 Å². The fourth-order valence-corrected chi connectivity index (χ4v) is 3.22. The first-order valence-electron chi connectivity index (χ1n) is 8.57. The van der Waals surface area contributed by atoms with Gasteiger partial charge >= 0.3 is 6.03 Å². The molecule has 3 rings (SSSR count). The maximum Gasteiger partial charge on any atom is 0.319 e. The zero-order chi connectivity index (χ0) is 19.4. The average Bonchev–Trinajstić information content (AvgIpc) is 2.63. The Morgan fingerprint density at radius 1 is 1.19 bits per heavy atom. The molecule has 0 fully saturated rings. The lowest BCUT2D eigenvalue weighted by atomic mass is 9.94. The van der Waals surface area contributed by atoms with E-state index >= 15 is 0 Å². The summed E-state index contributed by atoms with van der Waals surface area (Å²) in [6.07, 6.45) is 0. The number of rotatable bonds is 5. The highest BCUT2D eigenvalue weighted by Crippen LogP contribution is 2.33. The minimum Gasteiger partial charge on any atom is -0.492 e. The zero-order valence-electron chi connectivity index (χ0n) is 15.0. The van der Waals surface area contributed by atoms with E-state index in [1.165, 1.54) is 0 Å². The summed E-state index contributed by atoms with van der Waals surface area (Å²) in [5.74, 6) is 0.228. The smallest absolute Gasteiger partial charge is 0.319 e. The van der Waals surface area contributed by atoms with E-state index in [1.807, 2.05) is 25.1 Å². The lowest BCUT2D eigenvalue weighted by molar-refractivity contribution is -0.113. The van der Waals surface area contributed by atoms with E-state index in [0.29, 0.717) is 39.9 Å². The monoisotopic (exact) mass is 385 g/mol. The van der Waals surface area contributed by atoms with E-state index in [4.69, 9.17) is 16.3 Å². The van der Waals surface area contributed by atoms with Gasteiger partial charge in [-0.05, 0) is 37.6 Å². The molecule has 7 heteroatoms. The zero-order valence-corrected chi connectivity index (χ0v) is 15.8. The minimum atomic E-state index is -0.660. The van der Waals surface area contributed by atoms with Crippen molar-refractivity contribution in [2.24, 2.45) is 0 Å². The molecule has 0 aromatic heterocycles. The van der Waals surface area contributed by atoms with Gasteiger partial charge in [-0.3, -0.25) is 4.79 Å². The van der Waals surface area contributed by atoms with Crippen LogP contribution < -0.4 is 20.7 Å². The Morgan fingerprint density at radius 2 is 1.89 bits per heavy atom. The van der Waals surface area contributed by atoms with Gasteiger partial charge in [0.05, 0.1) is 23.9 Å². The fourth-order valence-electron chi connectivity index (χ4n) is 2.98. The van der Waals surface area contributed by atoms with Gasteiger partial charge in [0.2, 0.25) is 0 Å². The minimum absolute atomic E-state index is 0.350. The van der Waals surface area contributed by atoms with E-state index in [9.17, 15) is 9.59 Å². The van der Waals surface area contributed by atoms with E-state index in [1.54, 1.807) is 37.3 Å². The van der Waals surface area contributed by atoms with Gasteiger partial charge in [-0.15, -0.1) is 0 Å². The number of nitrogens with one attached hydrogen (secondary N) is 3. The van der Waals surface area contributed by atoms with Crippen molar-refractivity contribution >= 4 is 29.2 Å². The van der Waals surface area contributed by atoms with Gasteiger partial charge in [0.1, 0.15) is 5.75 Å². The number of halogens is 1. The van der Waals surface area contributed by atoms with Gasteiger partial charge in [-0.25, -0.2) is 4.79 Å². The van der Waals surface area contributed by atoms with Gasteiger partial charge in [0, 0.05) is 10.7 Å². The molecule has 27 heavy (non-hydrogen) atoms. The predicted octanol–water partition coefficient (Wildman–Crippen LogP) is 4.01.